The van der Waals surface area contributed by atoms with Crippen LogP contribution in [-0.2, 0) is 24.8 Å². The molecule has 2 atom stereocenters. The van der Waals surface area contributed by atoms with Gasteiger partial charge < -0.3 is 29.5 Å². The Hall–Kier alpha value is -2.46. The van der Waals surface area contributed by atoms with E-state index >= 15 is 0 Å². The number of fused-ring (bicyclic) bond motifs is 1. The number of nitrogens with zero attached hydrogens (tertiary/aromatic N) is 2. The summed E-state index contributed by atoms with van der Waals surface area (Å²) < 4.78 is 72.0. The fourth-order valence-corrected chi connectivity index (χ4v) is 7.73. The molecule has 2 unspecified atom stereocenters. The van der Waals surface area contributed by atoms with Crippen LogP contribution in [-0.4, -0.2) is 104 Å². The van der Waals surface area contributed by atoms with Crippen LogP contribution in [0.4, 0.5) is 5.69 Å². The summed E-state index contributed by atoms with van der Waals surface area (Å²) in [4.78, 5) is 2.35. The molecular formula is C27H38N4O8S2. The Bertz CT molecular complexity index is 1440. The number of hydrogen-bond acceptors (Lipinski definition) is 10. The van der Waals surface area contributed by atoms with Crippen LogP contribution in [0.5, 0.6) is 11.5 Å². The van der Waals surface area contributed by atoms with E-state index in [1.165, 1.54) is 23.5 Å². The Morgan fingerprint density at radius 1 is 1.10 bits per heavy atom. The smallest absolute Gasteiger partial charge is 0.243 e. The number of nitrogens with one attached hydrogen (secondary N) is 2. The van der Waals surface area contributed by atoms with Crippen molar-refractivity contribution in [1.29, 1.82) is 0 Å². The molecule has 5 rings (SSSR count). The number of ether oxygens (including phenoxy) is 3. The van der Waals surface area contributed by atoms with Gasteiger partial charge in [0.1, 0.15) is 30.8 Å². The van der Waals surface area contributed by atoms with Crippen LogP contribution in [0.25, 0.3) is 0 Å². The first-order valence-electron chi connectivity index (χ1n) is 13.7. The minimum atomic E-state index is -3.65. The molecule has 3 aliphatic heterocycles. The van der Waals surface area contributed by atoms with Crippen molar-refractivity contribution < 1.29 is 36.2 Å². The highest BCUT2D eigenvalue weighted by Crippen LogP contribution is 2.39. The SMILES string of the molecule is CNS(=O)(=O)c1cccc(OCC(O)CNC2COC3(CCN(S(=O)(=O)c4ccc5c(c4)N(C)CCO5)CC3)C2)c1. The highest BCUT2D eigenvalue weighted by Gasteiger charge is 2.45. The molecule has 3 aliphatic rings. The first-order valence-corrected chi connectivity index (χ1v) is 16.6. The molecule has 41 heavy (non-hydrogen) atoms. The van der Waals surface area contributed by atoms with Gasteiger partial charge in [0.25, 0.3) is 0 Å². The van der Waals surface area contributed by atoms with Gasteiger partial charge in [-0.2, -0.15) is 4.31 Å². The largest absolute Gasteiger partial charge is 0.491 e. The molecule has 0 saturated carbocycles. The fraction of sp³-hybridized carbons (Fsp3) is 0.556. The quantitative estimate of drug-likeness (QED) is 0.353. The summed E-state index contributed by atoms with van der Waals surface area (Å²) in [5, 5.41) is 13.8. The van der Waals surface area contributed by atoms with Crippen molar-refractivity contribution in [3.8, 4) is 11.5 Å². The minimum absolute atomic E-state index is 0.00773. The van der Waals surface area contributed by atoms with Crippen molar-refractivity contribution in [2.45, 2.75) is 46.8 Å². The summed E-state index contributed by atoms with van der Waals surface area (Å²) in [6.07, 6.45) is 1.09. The zero-order chi connectivity index (χ0) is 29.3. The molecule has 12 nitrogen and oxygen atoms in total. The average molecular weight is 611 g/mol. The molecule has 0 bridgehead atoms. The number of anilines is 1. The zero-order valence-corrected chi connectivity index (χ0v) is 24.9. The van der Waals surface area contributed by atoms with E-state index in [2.05, 4.69) is 10.0 Å². The van der Waals surface area contributed by atoms with Crippen LogP contribution in [0.2, 0.25) is 0 Å². The van der Waals surface area contributed by atoms with E-state index in [0.29, 0.717) is 57.2 Å². The Labute approximate surface area is 241 Å². The number of sulfonamides is 2. The second-order valence-electron chi connectivity index (χ2n) is 10.8. The van der Waals surface area contributed by atoms with Crippen LogP contribution < -0.4 is 24.4 Å². The van der Waals surface area contributed by atoms with Crippen LogP contribution in [0.1, 0.15) is 19.3 Å². The van der Waals surface area contributed by atoms with E-state index in [0.717, 1.165) is 12.1 Å². The second kappa shape index (κ2) is 12.0. The maximum absolute atomic E-state index is 13.4. The second-order valence-corrected chi connectivity index (χ2v) is 14.6. The number of aliphatic hydroxyl groups excluding tert-OH is 1. The first-order chi connectivity index (χ1) is 19.5. The van der Waals surface area contributed by atoms with Gasteiger partial charge in [0, 0.05) is 38.8 Å². The molecule has 0 radical (unpaired) electrons. The van der Waals surface area contributed by atoms with E-state index in [9.17, 15) is 21.9 Å². The van der Waals surface area contributed by atoms with Gasteiger partial charge in [-0.3, -0.25) is 0 Å². The number of rotatable bonds is 10. The van der Waals surface area contributed by atoms with Gasteiger partial charge in [-0.15, -0.1) is 0 Å². The van der Waals surface area contributed by atoms with E-state index in [-0.39, 0.29) is 29.0 Å². The summed E-state index contributed by atoms with van der Waals surface area (Å²) in [7, 11) is -3.97. The monoisotopic (exact) mass is 610 g/mol. The van der Waals surface area contributed by atoms with Gasteiger partial charge in [0.2, 0.25) is 20.0 Å². The van der Waals surface area contributed by atoms with Crippen LogP contribution in [0.15, 0.2) is 52.3 Å². The van der Waals surface area contributed by atoms with E-state index in [1.807, 2.05) is 11.9 Å². The lowest BCUT2D eigenvalue weighted by Crippen LogP contribution is -2.47. The highest BCUT2D eigenvalue weighted by atomic mass is 32.2. The van der Waals surface area contributed by atoms with Crippen LogP contribution >= 0.6 is 0 Å². The number of hydrogen-bond donors (Lipinski definition) is 3. The fourth-order valence-electron chi connectivity index (χ4n) is 5.50. The molecule has 0 aliphatic carbocycles. The lowest BCUT2D eigenvalue weighted by molar-refractivity contribution is -0.0312. The Kier molecular flexibility index (Phi) is 8.81. The van der Waals surface area contributed by atoms with Gasteiger partial charge in [-0.05, 0) is 56.6 Å². The van der Waals surface area contributed by atoms with Gasteiger partial charge in [0.05, 0.1) is 34.2 Å². The summed E-state index contributed by atoms with van der Waals surface area (Å²) in [6.45, 7) is 2.76. The first kappa shape index (κ1) is 30.0. The molecule has 2 saturated heterocycles. The predicted molar refractivity (Wildman–Crippen MR) is 152 cm³/mol. The maximum Gasteiger partial charge on any atom is 0.243 e. The van der Waals surface area contributed by atoms with Crippen molar-refractivity contribution in [3.05, 3.63) is 42.5 Å². The van der Waals surface area contributed by atoms with E-state index in [1.54, 1.807) is 30.3 Å². The molecule has 2 aromatic carbocycles. The summed E-state index contributed by atoms with van der Waals surface area (Å²) >= 11 is 0. The minimum Gasteiger partial charge on any atom is -0.491 e. The lowest BCUT2D eigenvalue weighted by atomic mass is 9.88. The maximum atomic E-state index is 13.4. The van der Waals surface area contributed by atoms with E-state index in [4.69, 9.17) is 14.2 Å². The van der Waals surface area contributed by atoms with Crippen LogP contribution in [0.3, 0.4) is 0 Å². The molecule has 226 valence electrons. The molecule has 2 fully saturated rings. The highest BCUT2D eigenvalue weighted by molar-refractivity contribution is 7.89. The average Bonchev–Trinajstić information content (AvgIpc) is 3.37. The van der Waals surface area contributed by atoms with Gasteiger partial charge in [0.15, 0.2) is 0 Å². The molecular weight excluding hydrogens is 572 g/mol. The predicted octanol–water partition coefficient (Wildman–Crippen LogP) is 0.765. The van der Waals surface area contributed by atoms with Gasteiger partial charge in [-0.1, -0.05) is 6.07 Å². The number of aliphatic hydroxyl groups is 1. The molecule has 0 amide bonds. The lowest BCUT2D eigenvalue weighted by Gasteiger charge is -2.38. The Morgan fingerprint density at radius 3 is 2.63 bits per heavy atom. The van der Waals surface area contributed by atoms with Crippen molar-refractivity contribution in [3.63, 3.8) is 0 Å². The van der Waals surface area contributed by atoms with Crippen molar-refractivity contribution >= 4 is 25.7 Å². The van der Waals surface area contributed by atoms with Crippen LogP contribution in [0, 0.1) is 0 Å². The summed E-state index contributed by atoms with van der Waals surface area (Å²) in [5.41, 5.74) is 0.385. The molecule has 3 heterocycles. The standard InChI is InChI=1S/C27H38N4O8S2/c1-28-40(33,34)23-5-3-4-22(14-23)38-19-21(32)17-29-20-16-27(39-18-20)8-10-31(11-9-27)41(35,36)24-6-7-26-25(15-24)30(2)12-13-37-26/h3-7,14-15,20-21,28-29,32H,8-13,16-19H2,1-2H3. The normalized spacial score (nSPS) is 21.8. The molecule has 3 N–H and O–H groups in total. The van der Waals surface area contributed by atoms with Crippen molar-refractivity contribution in [1.82, 2.24) is 14.3 Å². The number of benzene rings is 2. The third-order valence-corrected chi connectivity index (χ3v) is 11.3. The topological polar surface area (TPSA) is 147 Å². The molecule has 2 aromatic rings. The third-order valence-electron chi connectivity index (χ3n) is 7.98. The summed E-state index contributed by atoms with van der Waals surface area (Å²) in [5.74, 6) is 1.04. The number of piperidine rings is 1. The molecule has 14 heteroatoms. The Morgan fingerprint density at radius 2 is 1.88 bits per heavy atom. The summed E-state index contributed by atoms with van der Waals surface area (Å²) in [6, 6.07) is 11.1. The number of likely N-dealkylation sites (N-methyl/N-ethyl adjacent to an activating group) is 1. The van der Waals surface area contributed by atoms with Gasteiger partial charge >= 0.3 is 0 Å². The Balaban J connectivity index is 1.09. The van der Waals surface area contributed by atoms with E-state index < -0.39 is 31.8 Å². The molecule has 0 aromatic heterocycles. The van der Waals surface area contributed by atoms with Crippen molar-refractivity contribution in [2.75, 3.05) is 65.0 Å². The van der Waals surface area contributed by atoms with Crippen molar-refractivity contribution in [2.24, 2.45) is 0 Å². The van der Waals surface area contributed by atoms with Gasteiger partial charge in [-0.25, -0.2) is 21.6 Å². The third kappa shape index (κ3) is 6.63. The zero-order valence-electron chi connectivity index (χ0n) is 23.3. The molecule has 1 spiro atoms.